The first-order valence-corrected chi connectivity index (χ1v) is 25.1. The highest BCUT2D eigenvalue weighted by molar-refractivity contribution is 7.90. The van der Waals surface area contributed by atoms with Crippen molar-refractivity contribution in [2.24, 2.45) is 29.1 Å². The van der Waals surface area contributed by atoms with Crippen molar-refractivity contribution in [3.63, 3.8) is 0 Å². The quantitative estimate of drug-likeness (QED) is 0.0495. The molecule has 0 spiro atoms. The Labute approximate surface area is 403 Å². The van der Waals surface area contributed by atoms with Crippen molar-refractivity contribution in [3.05, 3.63) is 70.8 Å². The van der Waals surface area contributed by atoms with Crippen LogP contribution < -0.4 is 10.6 Å². The molecular weight excluding hydrogens is 875 g/mol. The Morgan fingerprint density at radius 2 is 1.54 bits per heavy atom. The van der Waals surface area contributed by atoms with Gasteiger partial charge < -0.3 is 54.5 Å². The summed E-state index contributed by atoms with van der Waals surface area (Å²) in [7, 11) is 0. The molecule has 0 aromatic heterocycles. The maximum Gasteiger partial charge on any atom is 0.246 e. The van der Waals surface area contributed by atoms with E-state index in [0.29, 0.717) is 75.7 Å². The number of benzene rings is 2. The van der Waals surface area contributed by atoms with E-state index in [4.69, 9.17) is 23.7 Å². The molecule has 372 valence electrons. The molecule has 1 saturated heterocycles. The number of unbranched alkanes of at least 4 members (excludes halogenated alkanes) is 1. The molecule has 0 unspecified atom stereocenters. The SMILES string of the molecule is C/C=C(/S)c1ccc(CNC(=O)[C@@H]2C[C@@H](O)CN2C(=O)[C@@H](NC(=O)COCCOCCOCCOCCOCCCC[C@@H]2Cc3cc(O)ccc3[C@H]3CC[C@]4(C)[C@@H](O)CC[C@H]4[C@H]23)C(C)C)cc1. The number of aromatic hydroxyl groups is 1. The van der Waals surface area contributed by atoms with Crippen LogP contribution in [0.4, 0.5) is 0 Å². The number of rotatable bonds is 26. The molecule has 2 aromatic rings. The number of aliphatic hydroxyl groups is 2. The van der Waals surface area contributed by atoms with Crippen molar-refractivity contribution >= 4 is 35.3 Å². The van der Waals surface area contributed by atoms with Crippen molar-refractivity contribution in [1.29, 1.82) is 0 Å². The standard InChI is InChI=1S/C52H77N3O11S/c1-5-45(67)36-11-9-35(10-12-36)31-53-50(60)44-30-40(57)32-55(44)51(61)49(34(2)3)54-47(59)33-66-27-26-65-25-24-64-23-22-63-21-20-62-19-7-6-8-37-28-38-29-39(56)13-14-41(38)42-17-18-52(4)43(48(37)42)15-16-46(52)58/h5,9-14,29,34,37,40,42-44,46,48-49,56-58,67H,6-8,15-28,30-33H2,1-4H3,(H,53,60)(H,54,59)/b45-5+/t37-,40-,42-,43+,44+,46+,48-,49+,52+/m1/s1. The van der Waals surface area contributed by atoms with Crippen LogP contribution in [0.5, 0.6) is 5.75 Å². The largest absolute Gasteiger partial charge is 0.508 e. The van der Waals surface area contributed by atoms with Gasteiger partial charge in [0.15, 0.2) is 0 Å². The Morgan fingerprint density at radius 3 is 2.19 bits per heavy atom. The normalized spacial score (nSPS) is 26.2. The number of aliphatic hydroxyl groups excluding tert-OH is 2. The van der Waals surface area contributed by atoms with Crippen molar-refractivity contribution in [2.45, 2.75) is 122 Å². The Morgan fingerprint density at radius 1 is 0.881 bits per heavy atom. The van der Waals surface area contributed by atoms with Crippen LogP contribution in [-0.4, -0.2) is 135 Å². The van der Waals surface area contributed by atoms with Crippen LogP contribution in [0.1, 0.15) is 107 Å². The number of phenolic OH excluding ortho intramolecular Hbond substituents is 1. The van der Waals surface area contributed by atoms with Gasteiger partial charge in [-0.15, -0.1) is 12.6 Å². The van der Waals surface area contributed by atoms with E-state index in [1.807, 2.05) is 63.2 Å². The summed E-state index contributed by atoms with van der Waals surface area (Å²) in [5.41, 5.74) is 4.61. The van der Waals surface area contributed by atoms with Crippen molar-refractivity contribution in [2.75, 3.05) is 72.6 Å². The maximum atomic E-state index is 13.7. The molecule has 6 rings (SSSR count). The summed E-state index contributed by atoms with van der Waals surface area (Å²) in [5, 5.41) is 37.3. The summed E-state index contributed by atoms with van der Waals surface area (Å²) >= 11 is 4.44. The molecule has 0 bridgehead atoms. The van der Waals surface area contributed by atoms with Crippen LogP contribution in [0.15, 0.2) is 48.5 Å². The number of phenols is 1. The predicted octanol–water partition coefficient (Wildman–Crippen LogP) is 5.80. The maximum absolute atomic E-state index is 13.7. The number of allylic oxidation sites excluding steroid dienone is 1. The minimum atomic E-state index is -0.901. The highest BCUT2D eigenvalue weighted by Gasteiger charge is 2.56. The molecule has 3 fully saturated rings. The lowest BCUT2D eigenvalue weighted by Gasteiger charge is -2.53. The molecule has 1 aliphatic heterocycles. The van der Waals surface area contributed by atoms with Crippen LogP contribution in [0.2, 0.25) is 0 Å². The van der Waals surface area contributed by atoms with E-state index in [0.717, 1.165) is 67.4 Å². The van der Waals surface area contributed by atoms with Gasteiger partial charge in [-0.1, -0.05) is 63.6 Å². The van der Waals surface area contributed by atoms with E-state index < -0.39 is 30.0 Å². The van der Waals surface area contributed by atoms with E-state index in [9.17, 15) is 29.7 Å². The number of likely N-dealkylation sites (tertiary alicyclic amines) is 1. The number of nitrogens with one attached hydrogen (secondary N) is 2. The van der Waals surface area contributed by atoms with Gasteiger partial charge in [-0.25, -0.2) is 0 Å². The highest BCUT2D eigenvalue weighted by atomic mass is 32.1. The molecule has 5 N–H and O–H groups in total. The molecular formula is C52H77N3O11S. The number of amides is 3. The fourth-order valence-corrected chi connectivity index (χ4v) is 11.3. The van der Waals surface area contributed by atoms with Gasteiger partial charge in [0.2, 0.25) is 17.7 Å². The lowest BCUT2D eigenvalue weighted by molar-refractivity contribution is -0.143. The summed E-state index contributed by atoms with van der Waals surface area (Å²) in [5.74, 6) is 1.04. The molecule has 4 aliphatic rings. The van der Waals surface area contributed by atoms with Gasteiger partial charge in [-0.05, 0) is 121 Å². The van der Waals surface area contributed by atoms with E-state index in [-0.39, 0.29) is 62.7 Å². The van der Waals surface area contributed by atoms with Gasteiger partial charge in [0, 0.05) is 31.0 Å². The second-order valence-corrected chi connectivity index (χ2v) is 20.0. The zero-order valence-corrected chi connectivity index (χ0v) is 41.1. The molecule has 1 heterocycles. The summed E-state index contributed by atoms with van der Waals surface area (Å²) in [6.07, 6.45) is 9.42. The van der Waals surface area contributed by atoms with Crippen LogP contribution in [-0.2, 0) is 51.0 Å². The Kier molecular flexibility index (Phi) is 20.4. The lowest BCUT2D eigenvalue weighted by Crippen LogP contribution is -2.55. The number of fused-ring (bicyclic) bond motifs is 5. The number of hydrogen-bond donors (Lipinski definition) is 6. The Bertz CT molecular complexity index is 1930. The summed E-state index contributed by atoms with van der Waals surface area (Å²) in [6, 6.07) is 11.9. The summed E-state index contributed by atoms with van der Waals surface area (Å²) < 4.78 is 28.2. The van der Waals surface area contributed by atoms with Gasteiger partial charge >= 0.3 is 0 Å². The Hall–Kier alpha value is -3.54. The molecule has 3 aliphatic carbocycles. The number of hydrogen-bond acceptors (Lipinski definition) is 12. The molecule has 2 saturated carbocycles. The van der Waals surface area contributed by atoms with E-state index in [1.54, 1.807) is 0 Å². The molecule has 9 atom stereocenters. The predicted molar refractivity (Wildman–Crippen MR) is 259 cm³/mol. The van der Waals surface area contributed by atoms with E-state index >= 15 is 0 Å². The van der Waals surface area contributed by atoms with Gasteiger partial charge in [0.25, 0.3) is 0 Å². The second-order valence-electron chi connectivity index (χ2n) is 19.5. The van der Waals surface area contributed by atoms with Crippen molar-refractivity contribution < 1.29 is 53.4 Å². The molecule has 14 nitrogen and oxygen atoms in total. The van der Waals surface area contributed by atoms with Crippen LogP contribution >= 0.6 is 12.6 Å². The average Bonchev–Trinajstić information content (AvgIpc) is 3.86. The first-order chi connectivity index (χ1) is 32.3. The summed E-state index contributed by atoms with van der Waals surface area (Å²) in [4.78, 5) is 41.9. The topological polar surface area (TPSA) is 185 Å². The van der Waals surface area contributed by atoms with E-state index in [2.05, 4.69) is 36.3 Å². The van der Waals surface area contributed by atoms with Crippen molar-refractivity contribution in [3.8, 4) is 5.75 Å². The molecule has 67 heavy (non-hydrogen) atoms. The number of thiol groups is 1. The third-order valence-electron chi connectivity index (χ3n) is 14.8. The molecule has 0 radical (unpaired) electrons. The monoisotopic (exact) mass is 952 g/mol. The van der Waals surface area contributed by atoms with E-state index in [1.165, 1.54) is 16.0 Å². The van der Waals surface area contributed by atoms with Crippen LogP contribution in [0.25, 0.3) is 4.91 Å². The minimum absolute atomic E-state index is 0.000687. The third-order valence-corrected chi connectivity index (χ3v) is 15.3. The second kappa shape index (κ2) is 25.9. The molecule has 15 heteroatoms. The number of carbonyl (C=O) groups is 3. The summed E-state index contributed by atoms with van der Waals surface area (Å²) in [6.45, 7) is 11.7. The first kappa shape index (κ1) is 52.8. The molecule has 2 aromatic carbocycles. The van der Waals surface area contributed by atoms with Gasteiger partial charge in [0.1, 0.15) is 24.4 Å². The van der Waals surface area contributed by atoms with Crippen LogP contribution in [0, 0.1) is 29.1 Å². The highest BCUT2D eigenvalue weighted by Crippen LogP contribution is 2.62. The zero-order valence-electron chi connectivity index (χ0n) is 40.2. The van der Waals surface area contributed by atoms with Gasteiger partial charge in [-0.3, -0.25) is 14.4 Å². The molecule has 3 amide bonds. The Balaban J connectivity index is 0.763. The lowest BCUT2D eigenvalue weighted by atomic mass is 9.52. The first-order valence-electron chi connectivity index (χ1n) is 24.7. The number of carbonyl (C=O) groups excluding carboxylic acids is 3. The van der Waals surface area contributed by atoms with Crippen molar-refractivity contribution in [1.82, 2.24) is 15.5 Å². The number of ether oxygens (including phenoxy) is 5. The number of β-amino-alcohol motifs (C(OH)–C–C–N with tert-alkyl or cyclic N) is 1. The van der Waals surface area contributed by atoms with Gasteiger partial charge in [0.05, 0.1) is 65.1 Å². The zero-order chi connectivity index (χ0) is 47.9. The average molecular weight is 952 g/mol. The minimum Gasteiger partial charge on any atom is -0.508 e. The van der Waals surface area contributed by atoms with Crippen LogP contribution in [0.3, 0.4) is 0 Å². The fourth-order valence-electron chi connectivity index (χ4n) is 11.2. The third kappa shape index (κ3) is 14.3. The smallest absolute Gasteiger partial charge is 0.246 e. The van der Waals surface area contributed by atoms with Gasteiger partial charge in [-0.2, -0.15) is 0 Å². The fraction of sp³-hybridized carbons (Fsp3) is 0.673. The number of nitrogens with zero attached hydrogens (tertiary/aromatic N) is 1.